The molecular weight excluding hydrogens is 318 g/mol. The van der Waals surface area contributed by atoms with E-state index in [9.17, 15) is 13.6 Å². The number of nitrogens with one attached hydrogen (secondary N) is 2. The lowest BCUT2D eigenvalue weighted by atomic mass is 10.1. The topological polar surface area (TPSA) is 59.6 Å². The first-order valence-electron chi connectivity index (χ1n) is 6.74. The molecule has 0 bridgehead atoms. The quantitative estimate of drug-likeness (QED) is 0.865. The summed E-state index contributed by atoms with van der Waals surface area (Å²) in [5.41, 5.74) is 0.269. The van der Waals surface area contributed by atoms with E-state index in [-0.39, 0.29) is 41.4 Å². The number of carbonyl (C=O) groups excluding carboxylic acids is 1. The van der Waals surface area contributed by atoms with Crippen LogP contribution in [0.15, 0.2) is 18.2 Å². The first-order valence-corrected chi connectivity index (χ1v) is 6.74. The van der Waals surface area contributed by atoms with Crippen molar-refractivity contribution >= 4 is 18.3 Å². The van der Waals surface area contributed by atoms with Gasteiger partial charge in [-0.1, -0.05) is 0 Å². The number of benzene rings is 1. The molecule has 1 aliphatic heterocycles. The lowest BCUT2D eigenvalue weighted by molar-refractivity contribution is -0.0512. The second-order valence-corrected chi connectivity index (χ2v) is 4.74. The summed E-state index contributed by atoms with van der Waals surface area (Å²) in [7, 11) is 1.35. The summed E-state index contributed by atoms with van der Waals surface area (Å²) in [6.07, 6.45) is 1.70. The van der Waals surface area contributed by atoms with Gasteiger partial charge in [0, 0.05) is 11.6 Å². The van der Waals surface area contributed by atoms with E-state index in [0.717, 1.165) is 25.9 Å². The fraction of sp³-hybridized carbons (Fsp3) is 0.500. The average Bonchev–Trinajstić information content (AvgIpc) is 2.47. The van der Waals surface area contributed by atoms with Crippen LogP contribution >= 0.6 is 12.4 Å². The van der Waals surface area contributed by atoms with Crippen LogP contribution in [0.25, 0.3) is 0 Å². The zero-order valence-electron chi connectivity index (χ0n) is 12.1. The highest BCUT2D eigenvalue weighted by atomic mass is 35.5. The molecule has 0 aromatic heterocycles. The number of hydrogen-bond donors (Lipinski definition) is 2. The Morgan fingerprint density at radius 3 is 2.59 bits per heavy atom. The summed E-state index contributed by atoms with van der Waals surface area (Å²) < 4.78 is 34.0. The van der Waals surface area contributed by atoms with Gasteiger partial charge in [-0.2, -0.15) is 8.78 Å². The van der Waals surface area contributed by atoms with Crippen molar-refractivity contribution in [2.45, 2.75) is 25.5 Å². The zero-order valence-corrected chi connectivity index (χ0v) is 12.9. The zero-order chi connectivity index (χ0) is 15.2. The molecule has 1 aliphatic rings. The molecule has 2 rings (SSSR count). The molecule has 22 heavy (non-hydrogen) atoms. The maximum Gasteiger partial charge on any atom is 0.387 e. The van der Waals surface area contributed by atoms with Gasteiger partial charge in [-0.15, -0.1) is 12.4 Å². The van der Waals surface area contributed by atoms with Crippen LogP contribution in [0.2, 0.25) is 0 Å². The Kier molecular flexibility index (Phi) is 7.34. The number of halogens is 3. The van der Waals surface area contributed by atoms with Gasteiger partial charge in [0.15, 0.2) is 11.5 Å². The van der Waals surface area contributed by atoms with E-state index >= 15 is 0 Å². The Bertz CT molecular complexity index is 497. The van der Waals surface area contributed by atoms with E-state index < -0.39 is 6.61 Å². The summed E-state index contributed by atoms with van der Waals surface area (Å²) in [6, 6.07) is 4.32. The third-order valence-electron chi connectivity index (χ3n) is 3.32. The fourth-order valence-electron chi connectivity index (χ4n) is 2.24. The van der Waals surface area contributed by atoms with Gasteiger partial charge in [0.2, 0.25) is 0 Å². The van der Waals surface area contributed by atoms with Crippen molar-refractivity contribution in [2.24, 2.45) is 0 Å². The van der Waals surface area contributed by atoms with Gasteiger partial charge in [0.05, 0.1) is 7.11 Å². The van der Waals surface area contributed by atoms with Crippen LogP contribution in [-0.2, 0) is 0 Å². The number of amides is 1. The molecule has 124 valence electrons. The van der Waals surface area contributed by atoms with Gasteiger partial charge in [0.1, 0.15) is 0 Å². The van der Waals surface area contributed by atoms with Gasteiger partial charge < -0.3 is 20.1 Å². The van der Waals surface area contributed by atoms with Gasteiger partial charge in [-0.3, -0.25) is 4.79 Å². The highest BCUT2D eigenvalue weighted by Crippen LogP contribution is 2.29. The minimum atomic E-state index is -2.97. The van der Waals surface area contributed by atoms with E-state index in [1.165, 1.54) is 25.3 Å². The van der Waals surface area contributed by atoms with E-state index in [4.69, 9.17) is 4.74 Å². The van der Waals surface area contributed by atoms with Crippen molar-refractivity contribution in [3.05, 3.63) is 23.8 Å². The molecule has 1 fully saturated rings. The molecule has 0 atom stereocenters. The molecule has 1 amide bonds. The molecule has 0 unspecified atom stereocenters. The minimum Gasteiger partial charge on any atom is -0.493 e. The van der Waals surface area contributed by atoms with Gasteiger partial charge in [-0.25, -0.2) is 0 Å². The lowest BCUT2D eigenvalue weighted by Crippen LogP contribution is -2.42. The third-order valence-corrected chi connectivity index (χ3v) is 3.32. The van der Waals surface area contributed by atoms with E-state index in [1.807, 2.05) is 0 Å². The van der Waals surface area contributed by atoms with Crippen molar-refractivity contribution in [1.82, 2.24) is 10.6 Å². The number of carbonyl (C=O) groups is 1. The van der Waals surface area contributed by atoms with Gasteiger partial charge in [-0.05, 0) is 44.1 Å². The average molecular weight is 337 g/mol. The maximum absolute atomic E-state index is 12.4. The molecule has 1 aromatic carbocycles. The highest BCUT2D eigenvalue weighted by Gasteiger charge is 2.18. The fourth-order valence-corrected chi connectivity index (χ4v) is 2.24. The molecule has 8 heteroatoms. The van der Waals surface area contributed by atoms with Crippen LogP contribution in [-0.4, -0.2) is 38.8 Å². The largest absolute Gasteiger partial charge is 0.493 e. The van der Waals surface area contributed by atoms with Crippen LogP contribution in [0.3, 0.4) is 0 Å². The first kappa shape index (κ1) is 18.4. The Hall–Kier alpha value is -1.60. The molecule has 5 nitrogen and oxygen atoms in total. The third kappa shape index (κ3) is 4.99. The van der Waals surface area contributed by atoms with Crippen molar-refractivity contribution in [1.29, 1.82) is 0 Å². The van der Waals surface area contributed by atoms with E-state index in [1.54, 1.807) is 0 Å². The van der Waals surface area contributed by atoms with Crippen molar-refractivity contribution in [2.75, 3.05) is 20.2 Å². The molecule has 1 aromatic rings. The van der Waals surface area contributed by atoms with Crippen LogP contribution in [0.1, 0.15) is 23.2 Å². The summed E-state index contributed by atoms with van der Waals surface area (Å²) >= 11 is 0. The molecular formula is C14H19ClF2N2O3. The molecule has 0 spiro atoms. The number of piperidine rings is 1. The smallest absolute Gasteiger partial charge is 0.387 e. The monoisotopic (exact) mass is 336 g/mol. The Morgan fingerprint density at radius 1 is 1.32 bits per heavy atom. The van der Waals surface area contributed by atoms with Crippen molar-refractivity contribution < 1.29 is 23.0 Å². The number of hydrogen-bond acceptors (Lipinski definition) is 4. The highest BCUT2D eigenvalue weighted by molar-refractivity contribution is 5.95. The molecule has 0 radical (unpaired) electrons. The maximum atomic E-state index is 12.4. The molecule has 1 heterocycles. The van der Waals surface area contributed by atoms with E-state index in [0.29, 0.717) is 0 Å². The Labute approximate surface area is 133 Å². The summed E-state index contributed by atoms with van der Waals surface area (Å²) in [5.74, 6) is -0.289. The number of methoxy groups -OCH3 is 1. The van der Waals surface area contributed by atoms with E-state index in [2.05, 4.69) is 15.4 Å². The Balaban J connectivity index is 0.00000242. The standard InChI is InChI=1S/C14H18F2N2O3.ClH/c1-20-11-3-2-9(8-12(11)21-14(15)16)13(19)18-10-4-6-17-7-5-10;/h2-3,8,10,14,17H,4-7H2,1H3,(H,18,19);1H. The number of alkyl halides is 2. The predicted octanol–water partition coefficient (Wildman–Crippen LogP) is 2.20. The van der Waals surface area contributed by atoms with Crippen LogP contribution in [0.4, 0.5) is 8.78 Å². The van der Waals surface area contributed by atoms with Crippen LogP contribution in [0, 0.1) is 0 Å². The Morgan fingerprint density at radius 2 is 2.00 bits per heavy atom. The molecule has 1 saturated heterocycles. The number of rotatable bonds is 5. The van der Waals surface area contributed by atoms with Crippen LogP contribution < -0.4 is 20.1 Å². The first-order chi connectivity index (χ1) is 10.1. The van der Waals surface area contributed by atoms with Crippen LogP contribution in [0.5, 0.6) is 11.5 Å². The van der Waals surface area contributed by atoms with Gasteiger partial charge >= 0.3 is 6.61 Å². The van der Waals surface area contributed by atoms with Crippen molar-refractivity contribution in [3.8, 4) is 11.5 Å². The molecule has 2 N–H and O–H groups in total. The predicted molar refractivity (Wildman–Crippen MR) is 80.2 cm³/mol. The molecule has 0 saturated carbocycles. The SMILES string of the molecule is COc1ccc(C(=O)NC2CCNCC2)cc1OC(F)F.Cl. The summed E-state index contributed by atoms with van der Waals surface area (Å²) in [4.78, 5) is 12.1. The summed E-state index contributed by atoms with van der Waals surface area (Å²) in [5, 5.41) is 6.09. The molecule has 0 aliphatic carbocycles. The minimum absolute atomic E-state index is 0. The normalized spacial score (nSPS) is 15.1. The lowest BCUT2D eigenvalue weighted by Gasteiger charge is -2.23. The number of ether oxygens (including phenoxy) is 2. The summed E-state index contributed by atoms with van der Waals surface area (Å²) in [6.45, 7) is -1.26. The second kappa shape index (κ2) is 8.75. The van der Waals surface area contributed by atoms with Crippen molar-refractivity contribution in [3.63, 3.8) is 0 Å². The van der Waals surface area contributed by atoms with Gasteiger partial charge in [0.25, 0.3) is 5.91 Å². The second-order valence-electron chi connectivity index (χ2n) is 4.74.